The summed E-state index contributed by atoms with van der Waals surface area (Å²) >= 11 is 0. The number of aromatic nitrogens is 1. The fourth-order valence-electron chi connectivity index (χ4n) is 3.30. The summed E-state index contributed by atoms with van der Waals surface area (Å²) in [6.07, 6.45) is 3.09. The average Bonchev–Trinajstić information content (AvgIpc) is 2.64. The number of piperidine rings is 1. The lowest BCUT2D eigenvalue weighted by molar-refractivity contribution is -0.126. The molecule has 2 heterocycles. The van der Waals surface area contributed by atoms with E-state index in [0.29, 0.717) is 18.5 Å². The van der Waals surface area contributed by atoms with Gasteiger partial charge in [-0.1, -0.05) is 12.1 Å². The van der Waals surface area contributed by atoms with Crippen molar-refractivity contribution in [3.05, 3.63) is 60.2 Å². The van der Waals surface area contributed by atoms with Crippen LogP contribution in [0.2, 0.25) is 0 Å². The predicted molar refractivity (Wildman–Crippen MR) is 95.6 cm³/mol. The zero-order valence-electron chi connectivity index (χ0n) is 14.3. The van der Waals surface area contributed by atoms with Crippen molar-refractivity contribution in [2.24, 2.45) is 0 Å². The summed E-state index contributed by atoms with van der Waals surface area (Å²) in [5.74, 6) is -0.376. The smallest absolute Gasteiger partial charge is 0.245 e. The van der Waals surface area contributed by atoms with Gasteiger partial charge >= 0.3 is 0 Å². The van der Waals surface area contributed by atoms with Gasteiger partial charge in [0.15, 0.2) is 0 Å². The van der Waals surface area contributed by atoms with E-state index < -0.39 is 5.54 Å². The van der Waals surface area contributed by atoms with Crippen molar-refractivity contribution in [2.75, 3.05) is 25.5 Å². The standard InChI is InChI=1S/C19H23FN4O/c1-21-18(25)19(23-16-7-4-5-15(20)13-16)8-11-24(12-9-19)14-17-6-2-3-10-22-17/h2-7,10,13,23H,8-9,11-12,14H2,1H3,(H,21,25). The molecule has 0 spiro atoms. The highest BCUT2D eigenvalue weighted by Gasteiger charge is 2.40. The molecular formula is C19H23FN4O. The molecule has 132 valence electrons. The number of likely N-dealkylation sites (N-methyl/N-ethyl adjacent to an activating group) is 1. The molecule has 0 unspecified atom stereocenters. The molecule has 2 aromatic rings. The molecule has 6 heteroatoms. The number of nitrogens with one attached hydrogen (secondary N) is 2. The van der Waals surface area contributed by atoms with Gasteiger partial charge in [-0.2, -0.15) is 0 Å². The van der Waals surface area contributed by atoms with E-state index in [9.17, 15) is 9.18 Å². The highest BCUT2D eigenvalue weighted by Crippen LogP contribution is 2.28. The minimum atomic E-state index is -0.719. The quantitative estimate of drug-likeness (QED) is 0.876. The summed E-state index contributed by atoms with van der Waals surface area (Å²) in [7, 11) is 1.64. The summed E-state index contributed by atoms with van der Waals surface area (Å²) in [6.45, 7) is 2.31. The number of anilines is 1. The number of rotatable bonds is 5. The van der Waals surface area contributed by atoms with Crippen LogP contribution in [0.25, 0.3) is 0 Å². The average molecular weight is 342 g/mol. The summed E-state index contributed by atoms with van der Waals surface area (Å²) in [5, 5.41) is 6.02. The summed E-state index contributed by atoms with van der Waals surface area (Å²) in [6, 6.07) is 12.1. The zero-order valence-corrected chi connectivity index (χ0v) is 14.3. The van der Waals surface area contributed by atoms with Crippen LogP contribution in [0, 0.1) is 5.82 Å². The lowest BCUT2D eigenvalue weighted by Crippen LogP contribution is -2.57. The van der Waals surface area contributed by atoms with Crippen LogP contribution in [0.3, 0.4) is 0 Å². The Hall–Kier alpha value is -2.47. The van der Waals surface area contributed by atoms with Crippen molar-refractivity contribution in [1.29, 1.82) is 0 Å². The maximum atomic E-state index is 13.5. The first-order chi connectivity index (χ1) is 12.1. The number of hydrogen-bond donors (Lipinski definition) is 2. The van der Waals surface area contributed by atoms with Crippen molar-refractivity contribution in [1.82, 2.24) is 15.2 Å². The fourth-order valence-corrected chi connectivity index (χ4v) is 3.30. The number of hydrogen-bond acceptors (Lipinski definition) is 4. The summed E-state index contributed by atoms with van der Waals surface area (Å²) in [5.41, 5.74) is 0.929. The van der Waals surface area contributed by atoms with Crippen LogP contribution in [-0.4, -0.2) is 41.5 Å². The molecule has 0 atom stereocenters. The van der Waals surface area contributed by atoms with Crippen LogP contribution in [0.1, 0.15) is 18.5 Å². The van der Waals surface area contributed by atoms with Crippen LogP contribution >= 0.6 is 0 Å². The van der Waals surface area contributed by atoms with Crippen molar-refractivity contribution >= 4 is 11.6 Å². The SMILES string of the molecule is CNC(=O)C1(Nc2cccc(F)c2)CCN(Cc2ccccn2)CC1. The maximum absolute atomic E-state index is 13.5. The number of halogens is 1. The highest BCUT2D eigenvalue weighted by atomic mass is 19.1. The zero-order chi connectivity index (χ0) is 17.7. The van der Waals surface area contributed by atoms with Gasteiger partial charge in [-0.15, -0.1) is 0 Å². The first-order valence-corrected chi connectivity index (χ1v) is 8.49. The van der Waals surface area contributed by atoms with Gasteiger partial charge in [0.05, 0.1) is 5.69 Å². The molecule has 1 aromatic carbocycles. The third-order valence-corrected chi connectivity index (χ3v) is 4.69. The maximum Gasteiger partial charge on any atom is 0.245 e. The van der Waals surface area contributed by atoms with Crippen LogP contribution < -0.4 is 10.6 Å². The Morgan fingerprint density at radius 1 is 1.24 bits per heavy atom. The van der Waals surface area contributed by atoms with E-state index >= 15 is 0 Å². The number of amides is 1. The molecule has 5 nitrogen and oxygen atoms in total. The predicted octanol–water partition coefficient (Wildman–Crippen LogP) is 2.41. The Labute approximate surface area is 147 Å². The minimum Gasteiger partial charge on any atom is -0.371 e. The molecule has 25 heavy (non-hydrogen) atoms. The van der Waals surface area contributed by atoms with E-state index in [1.165, 1.54) is 12.1 Å². The molecule has 0 saturated carbocycles. The Bertz CT molecular complexity index is 714. The number of carbonyl (C=O) groups is 1. The molecule has 1 fully saturated rings. The van der Waals surface area contributed by atoms with Gasteiger partial charge in [-0.05, 0) is 43.2 Å². The van der Waals surface area contributed by atoms with Crippen LogP contribution in [0.15, 0.2) is 48.7 Å². The van der Waals surface area contributed by atoms with Gasteiger partial charge in [0, 0.05) is 38.6 Å². The van der Waals surface area contributed by atoms with E-state index in [1.54, 1.807) is 25.4 Å². The first-order valence-electron chi connectivity index (χ1n) is 8.49. The molecule has 3 rings (SSSR count). The second-order valence-corrected chi connectivity index (χ2v) is 6.39. The number of carbonyl (C=O) groups excluding carboxylic acids is 1. The number of nitrogens with zero attached hydrogens (tertiary/aromatic N) is 2. The van der Waals surface area contributed by atoms with Crippen molar-refractivity contribution in [2.45, 2.75) is 24.9 Å². The molecular weight excluding hydrogens is 319 g/mol. The van der Waals surface area contributed by atoms with Crippen LogP contribution in [0.5, 0.6) is 0 Å². The lowest BCUT2D eigenvalue weighted by Gasteiger charge is -2.41. The normalized spacial score (nSPS) is 17.0. The number of pyridine rings is 1. The molecule has 1 aliphatic rings. The third-order valence-electron chi connectivity index (χ3n) is 4.69. The Kier molecular flexibility index (Phi) is 5.28. The Morgan fingerprint density at radius 3 is 2.68 bits per heavy atom. The summed E-state index contributed by atoms with van der Waals surface area (Å²) in [4.78, 5) is 19.2. The molecule has 1 aromatic heterocycles. The first kappa shape index (κ1) is 17.4. The van der Waals surface area contributed by atoms with Crippen molar-refractivity contribution in [3.63, 3.8) is 0 Å². The van der Waals surface area contributed by atoms with E-state index in [-0.39, 0.29) is 11.7 Å². The molecule has 1 saturated heterocycles. The van der Waals surface area contributed by atoms with Crippen LogP contribution in [0.4, 0.5) is 10.1 Å². The fraction of sp³-hybridized carbons (Fsp3) is 0.368. The van der Waals surface area contributed by atoms with Crippen LogP contribution in [-0.2, 0) is 11.3 Å². The topological polar surface area (TPSA) is 57.3 Å². The van der Waals surface area contributed by atoms with Crippen molar-refractivity contribution in [3.8, 4) is 0 Å². The van der Waals surface area contributed by atoms with Gasteiger partial charge in [-0.3, -0.25) is 14.7 Å². The molecule has 1 aliphatic heterocycles. The monoisotopic (exact) mass is 342 g/mol. The molecule has 0 radical (unpaired) electrons. The Balaban J connectivity index is 1.70. The van der Waals surface area contributed by atoms with E-state index in [4.69, 9.17) is 0 Å². The molecule has 2 N–H and O–H groups in total. The second-order valence-electron chi connectivity index (χ2n) is 6.39. The highest BCUT2D eigenvalue weighted by molar-refractivity contribution is 5.89. The number of likely N-dealkylation sites (tertiary alicyclic amines) is 1. The van der Waals surface area contributed by atoms with Gasteiger partial charge in [0.25, 0.3) is 0 Å². The van der Waals surface area contributed by atoms with Crippen molar-refractivity contribution < 1.29 is 9.18 Å². The molecule has 1 amide bonds. The van der Waals surface area contributed by atoms with Gasteiger partial charge in [-0.25, -0.2) is 4.39 Å². The van der Waals surface area contributed by atoms with E-state index in [0.717, 1.165) is 25.3 Å². The number of benzene rings is 1. The van der Waals surface area contributed by atoms with Gasteiger partial charge < -0.3 is 10.6 Å². The van der Waals surface area contributed by atoms with E-state index in [2.05, 4.69) is 20.5 Å². The minimum absolute atomic E-state index is 0.0609. The van der Waals surface area contributed by atoms with Gasteiger partial charge in [0.1, 0.15) is 11.4 Å². The third kappa shape index (κ3) is 4.14. The second kappa shape index (κ2) is 7.61. The summed E-state index contributed by atoms with van der Waals surface area (Å²) < 4.78 is 13.5. The lowest BCUT2D eigenvalue weighted by atomic mass is 9.86. The molecule has 0 bridgehead atoms. The van der Waals surface area contributed by atoms with Gasteiger partial charge in [0.2, 0.25) is 5.91 Å². The largest absolute Gasteiger partial charge is 0.371 e. The molecule has 0 aliphatic carbocycles. The Morgan fingerprint density at radius 2 is 2.04 bits per heavy atom. The van der Waals surface area contributed by atoms with E-state index in [1.807, 2.05) is 18.2 Å².